The predicted molar refractivity (Wildman–Crippen MR) is 84.2 cm³/mol. The molecule has 116 valence electrons. The number of nitrogens with zero attached hydrogens (tertiary/aromatic N) is 5. The molecule has 2 rings (SSSR count). The van der Waals surface area contributed by atoms with Gasteiger partial charge < -0.3 is 14.2 Å². The third-order valence-electron chi connectivity index (χ3n) is 3.46. The second-order valence-corrected chi connectivity index (χ2v) is 5.71. The summed E-state index contributed by atoms with van der Waals surface area (Å²) in [5.74, 6) is 1.97. The summed E-state index contributed by atoms with van der Waals surface area (Å²) in [6.45, 7) is 3.18. The molecule has 0 fully saturated rings. The molecule has 2 heterocycles. The number of aryl methyl sites for hydroxylation is 1. The number of aromatic nitrogens is 4. The molecule has 2 aromatic heterocycles. The number of methoxy groups -OCH3 is 1. The van der Waals surface area contributed by atoms with Crippen molar-refractivity contribution in [3.8, 4) is 5.88 Å². The molecule has 0 amide bonds. The zero-order valence-corrected chi connectivity index (χ0v) is 13.8. The van der Waals surface area contributed by atoms with E-state index in [1.54, 1.807) is 7.11 Å². The SMILES string of the molecule is COc1ncnc2c1nc(CCCl)n2C(C)CCN(C)C. The van der Waals surface area contributed by atoms with Gasteiger partial charge in [0.2, 0.25) is 5.88 Å². The molecule has 0 aliphatic rings. The number of hydrogen-bond donors (Lipinski definition) is 0. The van der Waals surface area contributed by atoms with E-state index in [0.29, 0.717) is 23.7 Å². The van der Waals surface area contributed by atoms with Crippen LogP contribution in [-0.2, 0) is 6.42 Å². The topological polar surface area (TPSA) is 56.1 Å². The average molecular weight is 312 g/mol. The Balaban J connectivity index is 2.45. The summed E-state index contributed by atoms with van der Waals surface area (Å²) in [5, 5.41) is 0. The van der Waals surface area contributed by atoms with E-state index in [2.05, 4.69) is 45.4 Å². The molecule has 0 aliphatic carbocycles. The molecule has 0 radical (unpaired) electrons. The normalized spacial score (nSPS) is 13.0. The Kier molecular flexibility index (Phi) is 5.36. The van der Waals surface area contributed by atoms with Crippen molar-refractivity contribution in [2.24, 2.45) is 0 Å². The molecule has 7 heteroatoms. The van der Waals surface area contributed by atoms with Crippen molar-refractivity contribution in [3.05, 3.63) is 12.2 Å². The first-order valence-corrected chi connectivity index (χ1v) is 7.58. The maximum atomic E-state index is 5.91. The van der Waals surface area contributed by atoms with Crippen LogP contribution < -0.4 is 4.74 Å². The van der Waals surface area contributed by atoms with Crippen molar-refractivity contribution < 1.29 is 4.74 Å². The molecule has 0 saturated heterocycles. The van der Waals surface area contributed by atoms with Crippen LogP contribution in [0.5, 0.6) is 5.88 Å². The van der Waals surface area contributed by atoms with Crippen molar-refractivity contribution >= 4 is 22.8 Å². The molecular weight excluding hydrogens is 290 g/mol. The van der Waals surface area contributed by atoms with Gasteiger partial charge >= 0.3 is 0 Å². The van der Waals surface area contributed by atoms with Gasteiger partial charge in [-0.25, -0.2) is 9.97 Å². The lowest BCUT2D eigenvalue weighted by molar-refractivity contribution is 0.357. The molecule has 2 aromatic rings. The maximum absolute atomic E-state index is 5.91. The summed E-state index contributed by atoms with van der Waals surface area (Å²) >= 11 is 5.91. The van der Waals surface area contributed by atoms with Crippen molar-refractivity contribution in [2.75, 3.05) is 33.6 Å². The summed E-state index contributed by atoms with van der Waals surface area (Å²) in [6.07, 6.45) is 3.23. The quantitative estimate of drug-likeness (QED) is 0.733. The highest BCUT2D eigenvalue weighted by Crippen LogP contribution is 2.26. The van der Waals surface area contributed by atoms with Crippen LogP contribution in [0.15, 0.2) is 6.33 Å². The van der Waals surface area contributed by atoms with Crippen molar-refractivity contribution in [3.63, 3.8) is 0 Å². The van der Waals surface area contributed by atoms with Gasteiger partial charge in [0.25, 0.3) is 0 Å². The van der Waals surface area contributed by atoms with Crippen LogP contribution in [-0.4, -0.2) is 58.0 Å². The predicted octanol–water partition coefficient (Wildman–Crippen LogP) is 2.13. The van der Waals surface area contributed by atoms with Crippen molar-refractivity contribution in [1.82, 2.24) is 24.4 Å². The number of imidazole rings is 1. The van der Waals surface area contributed by atoms with E-state index in [4.69, 9.17) is 16.3 Å². The Hall–Kier alpha value is -1.40. The van der Waals surface area contributed by atoms with Crippen LogP contribution in [0.2, 0.25) is 0 Å². The van der Waals surface area contributed by atoms with Gasteiger partial charge in [-0.15, -0.1) is 11.6 Å². The van der Waals surface area contributed by atoms with Gasteiger partial charge in [0.15, 0.2) is 11.2 Å². The Morgan fingerprint density at radius 3 is 2.76 bits per heavy atom. The first-order valence-electron chi connectivity index (χ1n) is 7.05. The summed E-state index contributed by atoms with van der Waals surface area (Å²) in [5.41, 5.74) is 1.52. The fraction of sp³-hybridized carbons (Fsp3) is 0.643. The number of ether oxygens (including phenoxy) is 1. The lowest BCUT2D eigenvalue weighted by Gasteiger charge is -2.19. The van der Waals surface area contributed by atoms with E-state index in [9.17, 15) is 0 Å². The summed E-state index contributed by atoms with van der Waals surface area (Å²) < 4.78 is 7.44. The molecular formula is C14H22ClN5O. The maximum Gasteiger partial charge on any atom is 0.245 e. The first-order chi connectivity index (χ1) is 10.1. The molecule has 1 atom stereocenters. The van der Waals surface area contributed by atoms with Gasteiger partial charge in [-0.3, -0.25) is 0 Å². The van der Waals surface area contributed by atoms with Gasteiger partial charge in [-0.1, -0.05) is 0 Å². The van der Waals surface area contributed by atoms with Gasteiger partial charge in [-0.05, 0) is 34.0 Å². The van der Waals surface area contributed by atoms with Gasteiger partial charge in [0.1, 0.15) is 12.2 Å². The van der Waals surface area contributed by atoms with Crippen molar-refractivity contribution in [1.29, 1.82) is 0 Å². The van der Waals surface area contributed by atoms with Crippen LogP contribution >= 0.6 is 11.6 Å². The zero-order valence-electron chi connectivity index (χ0n) is 13.0. The number of alkyl halides is 1. The third kappa shape index (κ3) is 3.44. The molecule has 0 bridgehead atoms. The fourth-order valence-corrected chi connectivity index (χ4v) is 2.55. The first kappa shape index (κ1) is 16.0. The van der Waals surface area contributed by atoms with Crippen LogP contribution in [0.4, 0.5) is 0 Å². The van der Waals surface area contributed by atoms with E-state index in [1.165, 1.54) is 6.33 Å². The number of fused-ring (bicyclic) bond motifs is 1. The third-order valence-corrected chi connectivity index (χ3v) is 3.65. The van der Waals surface area contributed by atoms with E-state index in [0.717, 1.165) is 24.4 Å². The highest BCUT2D eigenvalue weighted by atomic mass is 35.5. The molecule has 0 saturated carbocycles. The molecule has 0 N–H and O–H groups in total. The van der Waals surface area contributed by atoms with Crippen LogP contribution in [0.1, 0.15) is 25.2 Å². The number of rotatable bonds is 7. The zero-order chi connectivity index (χ0) is 15.4. The Morgan fingerprint density at radius 2 is 2.14 bits per heavy atom. The van der Waals surface area contributed by atoms with E-state index in [-0.39, 0.29) is 6.04 Å². The molecule has 0 aromatic carbocycles. The summed E-state index contributed by atoms with van der Waals surface area (Å²) in [6, 6.07) is 0.287. The average Bonchev–Trinajstić information content (AvgIpc) is 2.83. The van der Waals surface area contributed by atoms with Gasteiger partial charge in [-0.2, -0.15) is 4.98 Å². The molecule has 0 spiro atoms. The Labute approximate surface area is 130 Å². The standard InChI is InChI=1S/C14H22ClN5O/c1-10(6-8-19(2)3)20-11(5-7-15)18-12-13(20)16-9-17-14(12)21-4/h9-10H,5-8H2,1-4H3. The Morgan fingerprint density at radius 1 is 1.38 bits per heavy atom. The minimum Gasteiger partial charge on any atom is -0.479 e. The molecule has 21 heavy (non-hydrogen) atoms. The highest BCUT2D eigenvalue weighted by molar-refractivity contribution is 6.17. The van der Waals surface area contributed by atoms with Crippen molar-refractivity contribution in [2.45, 2.75) is 25.8 Å². The van der Waals surface area contributed by atoms with Gasteiger partial charge in [0, 0.05) is 18.3 Å². The van der Waals surface area contributed by atoms with Gasteiger partial charge in [0.05, 0.1) is 7.11 Å². The fourth-order valence-electron chi connectivity index (χ4n) is 2.38. The number of hydrogen-bond acceptors (Lipinski definition) is 5. The molecule has 0 aliphatic heterocycles. The minimum absolute atomic E-state index is 0.287. The van der Waals surface area contributed by atoms with E-state index in [1.807, 2.05) is 0 Å². The molecule has 1 unspecified atom stereocenters. The van der Waals surface area contributed by atoms with E-state index < -0.39 is 0 Å². The monoisotopic (exact) mass is 311 g/mol. The summed E-state index contributed by atoms with van der Waals surface area (Å²) in [4.78, 5) is 15.3. The second-order valence-electron chi connectivity index (χ2n) is 5.33. The highest BCUT2D eigenvalue weighted by Gasteiger charge is 2.19. The smallest absolute Gasteiger partial charge is 0.245 e. The lowest BCUT2D eigenvalue weighted by atomic mass is 10.2. The second kappa shape index (κ2) is 7.04. The van der Waals surface area contributed by atoms with Crippen LogP contribution in [0, 0.1) is 0 Å². The Bertz CT molecular complexity index is 598. The lowest BCUT2D eigenvalue weighted by Crippen LogP contribution is -2.19. The number of halogens is 1. The van der Waals surface area contributed by atoms with E-state index >= 15 is 0 Å². The largest absolute Gasteiger partial charge is 0.479 e. The minimum atomic E-state index is 0.287. The summed E-state index contributed by atoms with van der Waals surface area (Å²) in [7, 11) is 5.74. The molecule has 6 nitrogen and oxygen atoms in total. The van der Waals surface area contributed by atoms with Crippen LogP contribution in [0.3, 0.4) is 0 Å². The van der Waals surface area contributed by atoms with Crippen LogP contribution in [0.25, 0.3) is 11.2 Å².